The lowest BCUT2D eigenvalue weighted by atomic mass is 9.94. The van der Waals surface area contributed by atoms with Crippen molar-refractivity contribution in [3.63, 3.8) is 0 Å². The number of hydrogen-bond donors (Lipinski definition) is 2. The van der Waals surface area contributed by atoms with Crippen molar-refractivity contribution < 1.29 is 14.6 Å². The van der Waals surface area contributed by atoms with Crippen LogP contribution in [0.1, 0.15) is 31.9 Å². The number of aliphatic hydroxyl groups is 1. The predicted molar refractivity (Wildman–Crippen MR) is 74.4 cm³/mol. The second-order valence-electron chi connectivity index (χ2n) is 5.35. The van der Waals surface area contributed by atoms with Crippen molar-refractivity contribution in [2.45, 2.75) is 38.0 Å². The van der Waals surface area contributed by atoms with Crippen molar-refractivity contribution in [1.82, 2.24) is 5.32 Å². The maximum atomic E-state index is 10.2. The van der Waals surface area contributed by atoms with Crippen molar-refractivity contribution in [1.29, 1.82) is 0 Å². The predicted octanol–water partition coefficient (Wildman–Crippen LogP) is 1.89. The molecule has 0 aromatic heterocycles. The summed E-state index contributed by atoms with van der Waals surface area (Å²) in [6.07, 6.45) is 0.601. The first-order valence-electron chi connectivity index (χ1n) is 6.74. The first kappa shape index (κ1) is 14.3. The number of methoxy groups -OCH3 is 1. The Hall–Kier alpha value is -1.10. The molecule has 0 bridgehead atoms. The van der Waals surface area contributed by atoms with Crippen LogP contribution in [0.2, 0.25) is 0 Å². The van der Waals surface area contributed by atoms with Gasteiger partial charge < -0.3 is 19.9 Å². The van der Waals surface area contributed by atoms with E-state index in [2.05, 4.69) is 19.2 Å². The van der Waals surface area contributed by atoms with Crippen molar-refractivity contribution in [2.75, 3.05) is 20.3 Å². The first-order valence-corrected chi connectivity index (χ1v) is 6.74. The van der Waals surface area contributed by atoms with E-state index >= 15 is 0 Å². The van der Waals surface area contributed by atoms with Crippen LogP contribution >= 0.6 is 0 Å². The Morgan fingerprint density at radius 2 is 2.37 bits per heavy atom. The highest BCUT2D eigenvalue weighted by atomic mass is 16.5. The minimum atomic E-state index is -0.542. The average molecular weight is 265 g/mol. The summed E-state index contributed by atoms with van der Waals surface area (Å²) in [7, 11) is 1.63. The van der Waals surface area contributed by atoms with Gasteiger partial charge >= 0.3 is 0 Å². The van der Waals surface area contributed by atoms with E-state index in [0.717, 1.165) is 24.3 Å². The van der Waals surface area contributed by atoms with Crippen molar-refractivity contribution >= 4 is 0 Å². The molecule has 4 heteroatoms. The van der Waals surface area contributed by atoms with Crippen molar-refractivity contribution in [2.24, 2.45) is 0 Å². The Bertz CT molecular complexity index is 424. The van der Waals surface area contributed by atoms with Gasteiger partial charge in [-0.3, -0.25) is 0 Å². The van der Waals surface area contributed by atoms with Crippen LogP contribution in [0.15, 0.2) is 24.3 Å². The molecule has 1 saturated heterocycles. The van der Waals surface area contributed by atoms with Gasteiger partial charge in [-0.2, -0.15) is 0 Å². The molecule has 1 aliphatic rings. The zero-order valence-corrected chi connectivity index (χ0v) is 11.8. The molecule has 0 aliphatic carbocycles. The number of benzene rings is 1. The zero-order valence-electron chi connectivity index (χ0n) is 11.8. The summed E-state index contributed by atoms with van der Waals surface area (Å²) in [5.74, 6) is 0.764. The summed E-state index contributed by atoms with van der Waals surface area (Å²) in [4.78, 5) is 0. The molecule has 2 rings (SSSR count). The molecule has 0 saturated carbocycles. The van der Waals surface area contributed by atoms with Gasteiger partial charge in [-0.15, -0.1) is 0 Å². The van der Waals surface area contributed by atoms with Crippen LogP contribution in [-0.2, 0) is 4.74 Å². The molecule has 1 aromatic rings. The number of hydrogen-bond acceptors (Lipinski definition) is 4. The maximum Gasteiger partial charge on any atom is 0.119 e. The van der Waals surface area contributed by atoms with E-state index < -0.39 is 6.10 Å². The molecule has 0 amide bonds. The molecule has 4 nitrogen and oxygen atoms in total. The normalized spacial score (nSPS) is 28.3. The average Bonchev–Trinajstić information content (AvgIpc) is 2.76. The third kappa shape index (κ3) is 3.26. The molecule has 3 atom stereocenters. The Morgan fingerprint density at radius 3 is 3.00 bits per heavy atom. The van der Waals surface area contributed by atoms with Crippen molar-refractivity contribution in [3.8, 4) is 5.75 Å². The fourth-order valence-corrected chi connectivity index (χ4v) is 2.36. The largest absolute Gasteiger partial charge is 0.497 e. The molecule has 1 aromatic carbocycles. The number of aliphatic hydroxyl groups excluding tert-OH is 1. The molecule has 1 heterocycles. The summed E-state index contributed by atoms with van der Waals surface area (Å²) in [5.41, 5.74) is 0.807. The van der Waals surface area contributed by atoms with Gasteiger partial charge in [-0.1, -0.05) is 12.1 Å². The number of nitrogens with one attached hydrogen (secondary N) is 1. The van der Waals surface area contributed by atoms with Crippen molar-refractivity contribution in [3.05, 3.63) is 29.8 Å². The molecule has 1 aliphatic heterocycles. The highest BCUT2D eigenvalue weighted by molar-refractivity contribution is 5.30. The monoisotopic (exact) mass is 265 g/mol. The van der Waals surface area contributed by atoms with Crippen LogP contribution in [-0.4, -0.2) is 37.0 Å². The molecular weight excluding hydrogens is 242 g/mol. The van der Waals surface area contributed by atoms with Gasteiger partial charge in [0.15, 0.2) is 0 Å². The third-order valence-corrected chi connectivity index (χ3v) is 4.06. The third-order valence-electron chi connectivity index (χ3n) is 4.06. The molecule has 106 valence electrons. The molecule has 0 spiro atoms. The zero-order chi connectivity index (χ0) is 13.9. The van der Waals surface area contributed by atoms with Gasteiger partial charge in [0.05, 0.1) is 19.3 Å². The van der Waals surface area contributed by atoms with Crippen LogP contribution in [0.3, 0.4) is 0 Å². The van der Waals surface area contributed by atoms with Crippen LogP contribution in [0.25, 0.3) is 0 Å². The van der Waals surface area contributed by atoms with E-state index in [1.54, 1.807) is 7.11 Å². The lowest BCUT2D eigenvalue weighted by molar-refractivity contribution is 0.0800. The fourth-order valence-electron chi connectivity index (χ4n) is 2.36. The lowest BCUT2D eigenvalue weighted by Gasteiger charge is -2.30. The van der Waals surface area contributed by atoms with E-state index in [-0.39, 0.29) is 11.6 Å². The summed E-state index contributed by atoms with van der Waals surface area (Å²) in [6, 6.07) is 7.54. The fraction of sp³-hybridized carbons (Fsp3) is 0.600. The molecule has 2 N–H and O–H groups in total. The smallest absolute Gasteiger partial charge is 0.119 e. The molecule has 3 unspecified atom stereocenters. The van der Waals surface area contributed by atoms with E-state index in [0.29, 0.717) is 6.54 Å². The minimum absolute atomic E-state index is 0.0557. The lowest BCUT2D eigenvalue weighted by Crippen LogP contribution is -2.49. The maximum absolute atomic E-state index is 10.2. The standard InChI is InChI=1S/C15H23NO3/c1-11-15(2,7-8-19-11)16-10-14(17)12-5-4-6-13(9-12)18-3/h4-6,9,11,14,16-17H,7-8,10H2,1-3H3. The Morgan fingerprint density at radius 1 is 1.58 bits per heavy atom. The van der Waals surface area contributed by atoms with E-state index in [1.165, 1.54) is 0 Å². The topological polar surface area (TPSA) is 50.7 Å². The summed E-state index contributed by atoms with van der Waals surface area (Å²) < 4.78 is 10.7. The highest BCUT2D eigenvalue weighted by Gasteiger charge is 2.36. The van der Waals surface area contributed by atoms with E-state index in [1.807, 2.05) is 24.3 Å². The SMILES string of the molecule is COc1cccc(C(O)CNC2(C)CCOC2C)c1. The number of rotatable bonds is 5. The highest BCUT2D eigenvalue weighted by Crippen LogP contribution is 2.26. The first-order chi connectivity index (χ1) is 9.05. The Labute approximate surface area is 114 Å². The van der Waals surface area contributed by atoms with Gasteiger partial charge in [0.2, 0.25) is 0 Å². The van der Waals surface area contributed by atoms with E-state index in [9.17, 15) is 5.11 Å². The number of ether oxygens (including phenoxy) is 2. The van der Waals surface area contributed by atoms with Gasteiger partial charge in [0, 0.05) is 18.7 Å². The van der Waals surface area contributed by atoms with Gasteiger partial charge in [0.1, 0.15) is 5.75 Å². The van der Waals surface area contributed by atoms with Crippen LogP contribution in [0.4, 0.5) is 0 Å². The molecule has 1 fully saturated rings. The van der Waals surface area contributed by atoms with Crippen LogP contribution in [0, 0.1) is 0 Å². The van der Waals surface area contributed by atoms with Gasteiger partial charge in [-0.25, -0.2) is 0 Å². The van der Waals surface area contributed by atoms with Crippen LogP contribution in [0.5, 0.6) is 5.75 Å². The second kappa shape index (κ2) is 5.90. The molecule has 0 radical (unpaired) electrons. The summed E-state index contributed by atoms with van der Waals surface area (Å²) in [5, 5.41) is 13.7. The summed E-state index contributed by atoms with van der Waals surface area (Å²) in [6.45, 7) is 5.50. The Balaban J connectivity index is 1.95. The Kier molecular flexibility index (Phi) is 4.45. The molecule has 19 heavy (non-hydrogen) atoms. The minimum Gasteiger partial charge on any atom is -0.497 e. The second-order valence-corrected chi connectivity index (χ2v) is 5.35. The molecular formula is C15H23NO3. The van der Waals surface area contributed by atoms with Gasteiger partial charge in [0.25, 0.3) is 0 Å². The summed E-state index contributed by atoms with van der Waals surface area (Å²) >= 11 is 0. The van der Waals surface area contributed by atoms with Gasteiger partial charge in [-0.05, 0) is 38.0 Å². The number of β-amino-alcohol motifs (C(OH)–C–C–N with tert-alkyl or cyclic N) is 1. The van der Waals surface area contributed by atoms with E-state index in [4.69, 9.17) is 9.47 Å². The quantitative estimate of drug-likeness (QED) is 0.853. The van der Waals surface area contributed by atoms with Crippen LogP contribution < -0.4 is 10.1 Å².